The fourth-order valence-electron chi connectivity index (χ4n) is 7.91. The number of para-hydroxylation sites is 1. The third kappa shape index (κ3) is 5.53. The zero-order valence-electron chi connectivity index (χ0n) is 29.6. The highest BCUT2D eigenvalue weighted by Crippen LogP contribution is 2.47. The number of fused-ring (bicyclic) bond motifs is 5. The molecule has 2 heteroatoms. The number of furan rings is 1. The zero-order valence-corrected chi connectivity index (χ0v) is 29.6. The van der Waals surface area contributed by atoms with E-state index >= 15 is 0 Å². The fourth-order valence-corrected chi connectivity index (χ4v) is 7.91. The van der Waals surface area contributed by atoms with Gasteiger partial charge in [-0.3, -0.25) is 0 Å². The summed E-state index contributed by atoms with van der Waals surface area (Å²) in [5.74, 6) is 0. The molecule has 0 aliphatic rings. The van der Waals surface area contributed by atoms with Gasteiger partial charge in [-0.2, -0.15) is 0 Å². The number of hydrogen-bond donors (Lipinski definition) is 0. The summed E-state index contributed by atoms with van der Waals surface area (Å²) < 4.78 is 6.69. The Morgan fingerprint density at radius 2 is 0.926 bits per heavy atom. The lowest BCUT2D eigenvalue weighted by Gasteiger charge is -2.28. The third-order valence-electron chi connectivity index (χ3n) is 10.5. The number of benzene rings is 9. The van der Waals surface area contributed by atoms with Crippen molar-refractivity contribution in [3.63, 3.8) is 0 Å². The molecule has 254 valence electrons. The van der Waals surface area contributed by atoms with Crippen LogP contribution in [0.1, 0.15) is 0 Å². The second-order valence-electron chi connectivity index (χ2n) is 13.7. The van der Waals surface area contributed by atoms with Gasteiger partial charge in [0.25, 0.3) is 0 Å². The Bertz CT molecular complexity index is 2910. The van der Waals surface area contributed by atoms with Crippen molar-refractivity contribution in [2.75, 3.05) is 4.90 Å². The van der Waals surface area contributed by atoms with Crippen LogP contribution in [0.2, 0.25) is 0 Å². The maximum Gasteiger partial charge on any atom is 0.143 e. The maximum atomic E-state index is 6.69. The minimum Gasteiger partial charge on any atom is -0.455 e. The second-order valence-corrected chi connectivity index (χ2v) is 13.7. The molecule has 0 fully saturated rings. The van der Waals surface area contributed by atoms with Crippen LogP contribution < -0.4 is 4.90 Å². The first kappa shape index (κ1) is 31.6. The Morgan fingerprint density at radius 1 is 0.333 bits per heavy atom. The van der Waals surface area contributed by atoms with Crippen LogP contribution >= 0.6 is 0 Å². The number of nitrogens with zero attached hydrogens (tertiary/aromatic N) is 1. The Hall–Kier alpha value is -7.16. The molecule has 0 saturated carbocycles. The molecule has 9 aromatic carbocycles. The van der Waals surface area contributed by atoms with Crippen LogP contribution in [0.25, 0.3) is 77.2 Å². The summed E-state index contributed by atoms with van der Waals surface area (Å²) in [6, 6.07) is 75.8. The summed E-state index contributed by atoms with van der Waals surface area (Å²) in [4.78, 5) is 2.40. The van der Waals surface area contributed by atoms with E-state index in [0.29, 0.717) is 0 Å². The molecule has 0 amide bonds. The van der Waals surface area contributed by atoms with Crippen LogP contribution in [0.3, 0.4) is 0 Å². The summed E-state index contributed by atoms with van der Waals surface area (Å²) in [7, 11) is 0. The van der Waals surface area contributed by atoms with Crippen LogP contribution in [-0.2, 0) is 0 Å². The van der Waals surface area contributed by atoms with E-state index in [1.165, 1.54) is 33.2 Å². The number of anilines is 3. The summed E-state index contributed by atoms with van der Waals surface area (Å²) in [6.45, 7) is 0. The van der Waals surface area contributed by atoms with Crippen molar-refractivity contribution >= 4 is 49.8 Å². The van der Waals surface area contributed by atoms with Gasteiger partial charge in [0, 0.05) is 22.0 Å². The highest BCUT2D eigenvalue weighted by molar-refractivity contribution is 6.19. The maximum absolute atomic E-state index is 6.69. The minimum absolute atomic E-state index is 0.865. The first-order valence-corrected chi connectivity index (χ1v) is 18.4. The molecular formula is C52H35NO. The Labute approximate surface area is 314 Å². The molecule has 0 N–H and O–H groups in total. The molecule has 0 unspecified atom stereocenters. The minimum atomic E-state index is 0.865. The average molecular weight is 690 g/mol. The smallest absolute Gasteiger partial charge is 0.143 e. The highest BCUT2D eigenvalue weighted by Gasteiger charge is 2.23. The molecule has 10 aromatic rings. The summed E-state index contributed by atoms with van der Waals surface area (Å²) in [5, 5.41) is 4.47. The van der Waals surface area contributed by atoms with Gasteiger partial charge in [0.1, 0.15) is 11.2 Å². The molecule has 0 aliphatic carbocycles. The lowest BCUT2D eigenvalue weighted by Crippen LogP contribution is -2.11. The Kier molecular flexibility index (Phi) is 7.85. The topological polar surface area (TPSA) is 16.4 Å². The van der Waals surface area contributed by atoms with Gasteiger partial charge in [-0.1, -0.05) is 170 Å². The van der Waals surface area contributed by atoms with Crippen LogP contribution in [0.4, 0.5) is 17.1 Å². The van der Waals surface area contributed by atoms with E-state index in [1.54, 1.807) is 0 Å². The van der Waals surface area contributed by atoms with E-state index in [1.807, 2.05) is 0 Å². The van der Waals surface area contributed by atoms with Crippen molar-refractivity contribution in [1.82, 2.24) is 0 Å². The van der Waals surface area contributed by atoms with Crippen molar-refractivity contribution in [3.05, 3.63) is 212 Å². The van der Waals surface area contributed by atoms with Crippen LogP contribution in [0, 0.1) is 0 Å². The molecule has 10 rings (SSSR count). The summed E-state index contributed by atoms with van der Waals surface area (Å²) in [6.07, 6.45) is 0. The largest absolute Gasteiger partial charge is 0.455 e. The molecule has 2 nitrogen and oxygen atoms in total. The predicted octanol–water partition coefficient (Wildman–Crippen LogP) is 14.9. The van der Waals surface area contributed by atoms with Crippen LogP contribution in [-0.4, -0.2) is 0 Å². The van der Waals surface area contributed by atoms with Gasteiger partial charge < -0.3 is 9.32 Å². The lowest BCUT2D eigenvalue weighted by molar-refractivity contribution is 0.672. The SMILES string of the molecule is c1ccc(-c2ccc(-c3ccc(N(c4ccccc4-c4ccccc4)c4cccc5oc6c7ccccc7ccc6c45)cc3)c(-c3ccccc3)c2)cc1. The molecule has 0 saturated heterocycles. The van der Waals surface area contributed by atoms with Crippen molar-refractivity contribution in [2.45, 2.75) is 0 Å². The van der Waals surface area contributed by atoms with E-state index in [-0.39, 0.29) is 0 Å². The standard InChI is InChI=1S/C52H35NO/c1-4-15-36(16-5-1)41-30-33-43(47(35-41)38-19-8-3-9-20-38)40-27-31-42(32-28-40)53(48-24-13-12-22-44(48)37-17-6-2-7-18-37)49-25-14-26-50-51(49)46-34-29-39-21-10-11-23-45(39)52(46)54-50/h1-35H. The molecule has 0 radical (unpaired) electrons. The average Bonchev–Trinajstić information content (AvgIpc) is 3.65. The van der Waals surface area contributed by atoms with Gasteiger partial charge in [-0.15, -0.1) is 0 Å². The monoisotopic (exact) mass is 689 g/mol. The first-order chi connectivity index (χ1) is 26.8. The Morgan fingerprint density at radius 3 is 1.69 bits per heavy atom. The van der Waals surface area contributed by atoms with Crippen molar-refractivity contribution in [2.24, 2.45) is 0 Å². The van der Waals surface area contributed by atoms with Crippen molar-refractivity contribution in [3.8, 4) is 44.5 Å². The number of hydrogen-bond acceptors (Lipinski definition) is 2. The van der Waals surface area contributed by atoms with E-state index in [9.17, 15) is 0 Å². The fraction of sp³-hybridized carbons (Fsp3) is 0. The van der Waals surface area contributed by atoms with Gasteiger partial charge in [0.15, 0.2) is 0 Å². The van der Waals surface area contributed by atoms with E-state index in [0.717, 1.165) is 61.1 Å². The van der Waals surface area contributed by atoms with Gasteiger partial charge in [0.05, 0.1) is 16.8 Å². The molecule has 54 heavy (non-hydrogen) atoms. The quantitative estimate of drug-likeness (QED) is 0.166. The van der Waals surface area contributed by atoms with Gasteiger partial charge in [0.2, 0.25) is 0 Å². The molecule has 0 bridgehead atoms. The van der Waals surface area contributed by atoms with Gasteiger partial charge in [-0.05, 0) is 86.8 Å². The predicted molar refractivity (Wildman–Crippen MR) is 228 cm³/mol. The molecule has 0 atom stereocenters. The van der Waals surface area contributed by atoms with Crippen LogP contribution in [0.5, 0.6) is 0 Å². The van der Waals surface area contributed by atoms with E-state index in [2.05, 4.69) is 217 Å². The molecule has 0 aliphatic heterocycles. The molecule has 1 aromatic heterocycles. The molecular weight excluding hydrogens is 655 g/mol. The van der Waals surface area contributed by atoms with Gasteiger partial charge in [-0.25, -0.2) is 0 Å². The molecule has 1 heterocycles. The van der Waals surface area contributed by atoms with Crippen molar-refractivity contribution < 1.29 is 4.42 Å². The lowest BCUT2D eigenvalue weighted by atomic mass is 9.91. The van der Waals surface area contributed by atoms with E-state index in [4.69, 9.17) is 4.42 Å². The summed E-state index contributed by atoms with van der Waals surface area (Å²) in [5.41, 5.74) is 14.5. The number of rotatable bonds is 7. The van der Waals surface area contributed by atoms with Crippen molar-refractivity contribution in [1.29, 1.82) is 0 Å². The first-order valence-electron chi connectivity index (χ1n) is 18.4. The third-order valence-corrected chi connectivity index (χ3v) is 10.5. The Balaban J connectivity index is 1.17. The van der Waals surface area contributed by atoms with Gasteiger partial charge >= 0.3 is 0 Å². The normalized spacial score (nSPS) is 11.3. The summed E-state index contributed by atoms with van der Waals surface area (Å²) >= 11 is 0. The molecule has 0 spiro atoms. The highest BCUT2D eigenvalue weighted by atomic mass is 16.3. The van der Waals surface area contributed by atoms with Crippen LogP contribution in [0.15, 0.2) is 217 Å². The van der Waals surface area contributed by atoms with E-state index < -0.39 is 0 Å². The zero-order chi connectivity index (χ0) is 35.8. The second kappa shape index (κ2) is 13.4.